The third-order valence-electron chi connectivity index (χ3n) is 4.72. The molecule has 7 heteroatoms. The second-order valence-electron chi connectivity index (χ2n) is 6.59. The second-order valence-corrected chi connectivity index (χ2v) is 7.03. The van der Waals surface area contributed by atoms with Gasteiger partial charge in [0.2, 0.25) is 6.29 Å². The van der Waals surface area contributed by atoms with Crippen molar-refractivity contribution in [2.75, 3.05) is 6.61 Å². The fourth-order valence-electron chi connectivity index (χ4n) is 3.17. The van der Waals surface area contributed by atoms with Crippen LogP contribution in [0.4, 0.5) is 0 Å². The van der Waals surface area contributed by atoms with Crippen molar-refractivity contribution in [3.05, 3.63) is 53.1 Å². The van der Waals surface area contributed by atoms with Gasteiger partial charge in [-0.2, -0.15) is 0 Å². The fourth-order valence-corrected chi connectivity index (χ4v) is 3.34. The molecular formula is C20H19ClO6. The van der Waals surface area contributed by atoms with E-state index in [0.717, 1.165) is 27.9 Å². The number of halogens is 1. The van der Waals surface area contributed by atoms with Crippen LogP contribution < -0.4 is 4.74 Å². The van der Waals surface area contributed by atoms with Crippen molar-refractivity contribution in [3.63, 3.8) is 0 Å². The lowest BCUT2D eigenvalue weighted by Crippen LogP contribution is -2.54. The zero-order valence-electron chi connectivity index (χ0n) is 14.5. The number of benzene rings is 2. The van der Waals surface area contributed by atoms with Gasteiger partial charge in [0.1, 0.15) is 35.4 Å². The number of fused-ring (bicyclic) bond motifs is 1. The lowest BCUT2D eigenvalue weighted by atomic mass is 10.1. The summed E-state index contributed by atoms with van der Waals surface area (Å²) in [5.41, 5.74) is 2.62. The van der Waals surface area contributed by atoms with Crippen LogP contribution in [0.3, 0.4) is 0 Å². The van der Waals surface area contributed by atoms with Crippen molar-refractivity contribution in [1.82, 2.24) is 0 Å². The zero-order chi connectivity index (χ0) is 19.1. The van der Waals surface area contributed by atoms with Gasteiger partial charge in [0.15, 0.2) is 0 Å². The molecular weight excluding hydrogens is 372 g/mol. The van der Waals surface area contributed by atoms with E-state index >= 15 is 0 Å². The first-order chi connectivity index (χ1) is 12.9. The van der Waals surface area contributed by atoms with E-state index in [2.05, 4.69) is 0 Å². The molecule has 1 fully saturated rings. The predicted molar refractivity (Wildman–Crippen MR) is 99.8 cm³/mol. The van der Waals surface area contributed by atoms with Crippen molar-refractivity contribution in [1.29, 1.82) is 0 Å². The second kappa shape index (κ2) is 7.14. The van der Waals surface area contributed by atoms with E-state index < -0.39 is 24.6 Å². The van der Waals surface area contributed by atoms with E-state index in [9.17, 15) is 15.3 Å². The van der Waals surface area contributed by atoms with Crippen LogP contribution in [0.1, 0.15) is 5.56 Å². The van der Waals surface area contributed by atoms with E-state index in [-0.39, 0.29) is 6.61 Å². The summed E-state index contributed by atoms with van der Waals surface area (Å²) >= 11 is 6.07. The molecule has 142 valence electrons. The van der Waals surface area contributed by atoms with Gasteiger partial charge in [0, 0.05) is 21.5 Å². The first-order valence-electron chi connectivity index (χ1n) is 8.55. The lowest BCUT2D eigenvalue weighted by molar-refractivity contribution is -0.242. The van der Waals surface area contributed by atoms with Gasteiger partial charge < -0.3 is 29.2 Å². The van der Waals surface area contributed by atoms with Gasteiger partial charge in [-0.3, -0.25) is 0 Å². The van der Waals surface area contributed by atoms with E-state index in [1.807, 2.05) is 31.2 Å². The highest BCUT2D eigenvalue weighted by Gasteiger charge is 2.38. The van der Waals surface area contributed by atoms with E-state index in [0.29, 0.717) is 10.8 Å². The highest BCUT2D eigenvalue weighted by Crippen LogP contribution is 2.35. The number of hydrogen-bond acceptors (Lipinski definition) is 6. The monoisotopic (exact) mass is 390 g/mol. The minimum Gasteiger partial charge on any atom is -0.462 e. The average molecular weight is 391 g/mol. The number of aliphatic hydroxyl groups is 3. The summed E-state index contributed by atoms with van der Waals surface area (Å²) in [7, 11) is 0. The Morgan fingerprint density at radius 1 is 1.04 bits per heavy atom. The maximum atomic E-state index is 9.96. The van der Waals surface area contributed by atoms with Gasteiger partial charge >= 0.3 is 0 Å². The molecule has 4 rings (SSSR count). The van der Waals surface area contributed by atoms with Crippen molar-refractivity contribution < 1.29 is 29.2 Å². The third kappa shape index (κ3) is 3.42. The van der Waals surface area contributed by atoms with Gasteiger partial charge in [0.25, 0.3) is 0 Å². The van der Waals surface area contributed by atoms with E-state index in [1.54, 1.807) is 18.2 Å². The number of ether oxygens (including phenoxy) is 2. The van der Waals surface area contributed by atoms with Crippen LogP contribution in [0.15, 0.2) is 46.9 Å². The Labute approximate surface area is 160 Å². The first-order valence-corrected chi connectivity index (χ1v) is 8.93. The summed E-state index contributed by atoms with van der Waals surface area (Å²) in [5, 5.41) is 30.8. The highest BCUT2D eigenvalue weighted by molar-refractivity contribution is 6.31. The van der Waals surface area contributed by atoms with Crippen molar-refractivity contribution in [2.24, 2.45) is 0 Å². The standard InChI is InChI=1S/C20H19ClO6/c1-10-14-8-12(21)4-7-16(14)27-19(10)11-2-5-13(6-3-11)26-20-18(24)17(23)15(22)9-25-20/h2-8,15,17-18,20,22-24H,9H2,1H3/t15-,17-,18+,20-/m0/s1. The summed E-state index contributed by atoms with van der Waals surface area (Å²) in [5.74, 6) is 1.20. The fraction of sp³-hybridized carbons (Fsp3) is 0.300. The number of furan rings is 1. The number of aryl methyl sites for hydroxylation is 1. The van der Waals surface area contributed by atoms with Crippen LogP contribution in [0.2, 0.25) is 5.02 Å². The number of hydrogen-bond donors (Lipinski definition) is 3. The maximum absolute atomic E-state index is 9.96. The average Bonchev–Trinajstić information content (AvgIpc) is 2.99. The quantitative estimate of drug-likeness (QED) is 0.637. The molecule has 3 aromatic rings. The summed E-state index contributed by atoms with van der Waals surface area (Å²) in [4.78, 5) is 0. The molecule has 0 saturated carbocycles. The summed E-state index contributed by atoms with van der Waals surface area (Å²) < 4.78 is 16.8. The topological polar surface area (TPSA) is 92.3 Å². The Bertz CT molecular complexity index is 951. The molecule has 0 bridgehead atoms. The Morgan fingerprint density at radius 3 is 2.52 bits per heavy atom. The lowest BCUT2D eigenvalue weighted by Gasteiger charge is -2.34. The van der Waals surface area contributed by atoms with E-state index in [4.69, 9.17) is 25.5 Å². The molecule has 1 aliphatic rings. The summed E-state index contributed by atoms with van der Waals surface area (Å²) in [6.45, 7) is 1.86. The Hall–Kier alpha value is -2.09. The largest absolute Gasteiger partial charge is 0.462 e. The van der Waals surface area contributed by atoms with Gasteiger partial charge in [-0.05, 0) is 49.4 Å². The van der Waals surface area contributed by atoms with Gasteiger partial charge in [-0.25, -0.2) is 0 Å². The van der Waals surface area contributed by atoms with Crippen LogP contribution in [0.5, 0.6) is 5.75 Å². The summed E-state index contributed by atoms with van der Waals surface area (Å²) in [6.07, 6.45) is -4.83. The number of rotatable bonds is 3. The van der Waals surface area contributed by atoms with Gasteiger partial charge in [-0.15, -0.1) is 0 Å². The van der Waals surface area contributed by atoms with E-state index in [1.165, 1.54) is 0 Å². The number of aliphatic hydroxyl groups excluding tert-OH is 3. The van der Waals surface area contributed by atoms with Gasteiger partial charge in [-0.1, -0.05) is 11.6 Å². The van der Waals surface area contributed by atoms with Crippen molar-refractivity contribution >= 4 is 22.6 Å². The van der Waals surface area contributed by atoms with Gasteiger partial charge in [0.05, 0.1) is 6.61 Å². The molecule has 0 radical (unpaired) electrons. The minimum absolute atomic E-state index is 0.109. The summed E-state index contributed by atoms with van der Waals surface area (Å²) in [6, 6.07) is 12.6. The molecule has 2 aromatic carbocycles. The SMILES string of the molecule is Cc1c(-c2ccc(O[C@@H]3OC[C@H](O)[C@H](O)[C@H]3O)cc2)oc2ccc(Cl)cc12. The zero-order valence-corrected chi connectivity index (χ0v) is 15.3. The molecule has 6 nitrogen and oxygen atoms in total. The minimum atomic E-state index is -1.34. The van der Waals surface area contributed by atoms with Crippen LogP contribution in [-0.4, -0.2) is 46.5 Å². The predicted octanol–water partition coefficient (Wildman–Crippen LogP) is 2.88. The Balaban J connectivity index is 1.55. The molecule has 1 aromatic heterocycles. The molecule has 2 heterocycles. The molecule has 1 saturated heterocycles. The molecule has 0 amide bonds. The Morgan fingerprint density at radius 2 is 1.78 bits per heavy atom. The molecule has 0 spiro atoms. The molecule has 3 N–H and O–H groups in total. The van der Waals surface area contributed by atoms with Crippen LogP contribution in [0.25, 0.3) is 22.3 Å². The smallest absolute Gasteiger partial charge is 0.228 e. The van der Waals surface area contributed by atoms with Crippen LogP contribution >= 0.6 is 11.6 Å². The van der Waals surface area contributed by atoms with Crippen molar-refractivity contribution in [3.8, 4) is 17.1 Å². The normalized spacial score (nSPS) is 25.7. The van der Waals surface area contributed by atoms with Crippen LogP contribution in [-0.2, 0) is 4.74 Å². The first kappa shape index (κ1) is 18.3. The molecule has 27 heavy (non-hydrogen) atoms. The van der Waals surface area contributed by atoms with Crippen LogP contribution in [0, 0.1) is 6.92 Å². The molecule has 0 unspecified atom stereocenters. The molecule has 0 aliphatic carbocycles. The highest BCUT2D eigenvalue weighted by atomic mass is 35.5. The third-order valence-corrected chi connectivity index (χ3v) is 4.96. The molecule has 1 aliphatic heterocycles. The van der Waals surface area contributed by atoms with Crippen molar-refractivity contribution in [2.45, 2.75) is 31.5 Å². The Kier molecular flexibility index (Phi) is 4.84. The molecule has 4 atom stereocenters. The maximum Gasteiger partial charge on any atom is 0.228 e.